The van der Waals surface area contributed by atoms with Gasteiger partial charge < -0.3 is 10.1 Å². The van der Waals surface area contributed by atoms with E-state index in [0.717, 1.165) is 23.3 Å². The van der Waals surface area contributed by atoms with E-state index in [4.69, 9.17) is 5.73 Å². The van der Waals surface area contributed by atoms with Crippen LogP contribution in [0.25, 0.3) is 16.9 Å². The van der Waals surface area contributed by atoms with E-state index >= 15 is 0 Å². The second-order valence-electron chi connectivity index (χ2n) is 4.76. The first-order chi connectivity index (χ1) is 9.28. The van der Waals surface area contributed by atoms with Crippen LogP contribution in [-0.4, -0.2) is 15.9 Å². The minimum atomic E-state index is 0.687. The van der Waals surface area contributed by atoms with Crippen molar-refractivity contribution in [3.05, 3.63) is 59.9 Å². The lowest BCUT2D eigenvalue weighted by atomic mass is 10.1. The van der Waals surface area contributed by atoms with E-state index in [0.29, 0.717) is 6.54 Å². The first-order valence-electron chi connectivity index (χ1n) is 6.52. The van der Waals surface area contributed by atoms with Crippen molar-refractivity contribution < 1.29 is 0 Å². The van der Waals surface area contributed by atoms with Gasteiger partial charge in [0, 0.05) is 17.5 Å². The molecule has 3 heteroatoms. The van der Waals surface area contributed by atoms with E-state index in [1.165, 1.54) is 11.3 Å². The van der Waals surface area contributed by atoms with Gasteiger partial charge in [0.1, 0.15) is 5.65 Å². The molecular weight excluding hydrogens is 234 g/mol. The summed E-state index contributed by atoms with van der Waals surface area (Å²) >= 11 is 0. The fourth-order valence-electron chi connectivity index (χ4n) is 2.30. The van der Waals surface area contributed by atoms with Crippen LogP contribution in [0.3, 0.4) is 0 Å². The third-order valence-corrected chi connectivity index (χ3v) is 3.38. The summed E-state index contributed by atoms with van der Waals surface area (Å²) in [7, 11) is 0. The van der Waals surface area contributed by atoms with Gasteiger partial charge in [-0.3, -0.25) is 0 Å². The summed E-state index contributed by atoms with van der Waals surface area (Å²) in [4.78, 5) is 4.66. The standard InChI is InChI=1S/C16H17N3/c1-12-3-2-4-16-18-15(11-19(12)16)14-7-5-13(6-8-14)9-10-17/h2-8,11H,9-10,17H2,1H3. The second kappa shape index (κ2) is 4.86. The molecule has 0 spiro atoms. The van der Waals surface area contributed by atoms with Gasteiger partial charge >= 0.3 is 0 Å². The smallest absolute Gasteiger partial charge is 0.137 e. The third kappa shape index (κ3) is 2.25. The number of hydrogen-bond donors (Lipinski definition) is 1. The van der Waals surface area contributed by atoms with Crippen molar-refractivity contribution in [2.24, 2.45) is 5.73 Å². The lowest BCUT2D eigenvalue weighted by Crippen LogP contribution is -2.02. The first kappa shape index (κ1) is 11.9. The van der Waals surface area contributed by atoms with Gasteiger partial charge in [-0.25, -0.2) is 4.98 Å². The number of aromatic nitrogens is 2. The number of fused-ring (bicyclic) bond motifs is 1. The van der Waals surface area contributed by atoms with Crippen LogP contribution < -0.4 is 5.73 Å². The molecule has 0 aliphatic rings. The maximum atomic E-state index is 5.56. The monoisotopic (exact) mass is 251 g/mol. The lowest BCUT2D eigenvalue weighted by molar-refractivity contribution is 0.969. The molecule has 3 nitrogen and oxygen atoms in total. The molecule has 0 aliphatic heterocycles. The molecule has 3 aromatic rings. The molecule has 0 bridgehead atoms. The maximum Gasteiger partial charge on any atom is 0.137 e. The zero-order chi connectivity index (χ0) is 13.2. The highest BCUT2D eigenvalue weighted by Gasteiger charge is 2.05. The zero-order valence-electron chi connectivity index (χ0n) is 11.0. The number of imidazole rings is 1. The Morgan fingerprint density at radius 3 is 2.58 bits per heavy atom. The number of pyridine rings is 1. The number of nitrogens with zero attached hydrogens (tertiary/aromatic N) is 2. The Morgan fingerprint density at radius 2 is 1.89 bits per heavy atom. The van der Waals surface area contributed by atoms with Crippen LogP contribution in [-0.2, 0) is 6.42 Å². The zero-order valence-corrected chi connectivity index (χ0v) is 11.0. The topological polar surface area (TPSA) is 43.3 Å². The molecule has 0 aliphatic carbocycles. The summed E-state index contributed by atoms with van der Waals surface area (Å²) in [6.45, 7) is 2.77. The van der Waals surface area contributed by atoms with Gasteiger partial charge in [0.15, 0.2) is 0 Å². The predicted molar refractivity (Wildman–Crippen MR) is 78.1 cm³/mol. The first-order valence-corrected chi connectivity index (χ1v) is 6.52. The maximum absolute atomic E-state index is 5.56. The molecular formula is C16H17N3. The molecule has 3 rings (SSSR count). The molecule has 0 saturated carbocycles. The number of benzene rings is 1. The molecule has 2 N–H and O–H groups in total. The lowest BCUT2D eigenvalue weighted by Gasteiger charge is -2.00. The van der Waals surface area contributed by atoms with Gasteiger partial charge in [-0.05, 0) is 37.6 Å². The second-order valence-corrected chi connectivity index (χ2v) is 4.76. The number of aryl methyl sites for hydroxylation is 1. The van der Waals surface area contributed by atoms with E-state index in [2.05, 4.69) is 52.8 Å². The molecule has 96 valence electrons. The largest absolute Gasteiger partial charge is 0.330 e. The SMILES string of the molecule is Cc1cccc2nc(-c3ccc(CCN)cc3)cn12. The minimum Gasteiger partial charge on any atom is -0.330 e. The summed E-state index contributed by atoms with van der Waals surface area (Å²) in [5.74, 6) is 0. The highest BCUT2D eigenvalue weighted by Crippen LogP contribution is 2.20. The third-order valence-electron chi connectivity index (χ3n) is 3.38. The summed E-state index contributed by atoms with van der Waals surface area (Å²) in [5.41, 5.74) is 11.2. The minimum absolute atomic E-state index is 0.687. The Bertz CT molecular complexity index is 696. The van der Waals surface area contributed by atoms with Crippen molar-refractivity contribution >= 4 is 5.65 Å². The van der Waals surface area contributed by atoms with Crippen LogP contribution in [0.15, 0.2) is 48.7 Å². The van der Waals surface area contributed by atoms with Crippen molar-refractivity contribution in [3.8, 4) is 11.3 Å². The number of hydrogen-bond acceptors (Lipinski definition) is 2. The molecule has 0 radical (unpaired) electrons. The van der Waals surface area contributed by atoms with Gasteiger partial charge in [-0.1, -0.05) is 30.3 Å². The van der Waals surface area contributed by atoms with E-state index in [-0.39, 0.29) is 0 Å². The number of nitrogens with two attached hydrogens (primary N) is 1. The van der Waals surface area contributed by atoms with Gasteiger partial charge in [-0.15, -0.1) is 0 Å². The van der Waals surface area contributed by atoms with E-state index in [1.807, 2.05) is 12.1 Å². The van der Waals surface area contributed by atoms with Crippen LogP contribution in [0.5, 0.6) is 0 Å². The Balaban J connectivity index is 2.01. The van der Waals surface area contributed by atoms with Crippen molar-refractivity contribution in [1.29, 1.82) is 0 Å². The molecule has 1 aromatic carbocycles. The van der Waals surface area contributed by atoms with Crippen molar-refractivity contribution in [3.63, 3.8) is 0 Å². The van der Waals surface area contributed by atoms with Crippen LogP contribution in [0, 0.1) is 6.92 Å². The fraction of sp³-hybridized carbons (Fsp3) is 0.188. The highest BCUT2D eigenvalue weighted by molar-refractivity contribution is 5.63. The molecule has 0 atom stereocenters. The van der Waals surface area contributed by atoms with Crippen molar-refractivity contribution in [2.45, 2.75) is 13.3 Å². The molecule has 19 heavy (non-hydrogen) atoms. The van der Waals surface area contributed by atoms with Crippen LogP contribution >= 0.6 is 0 Å². The van der Waals surface area contributed by atoms with E-state index < -0.39 is 0 Å². The van der Waals surface area contributed by atoms with E-state index in [9.17, 15) is 0 Å². The van der Waals surface area contributed by atoms with Crippen LogP contribution in [0.2, 0.25) is 0 Å². The van der Waals surface area contributed by atoms with Gasteiger partial charge in [-0.2, -0.15) is 0 Å². The quantitative estimate of drug-likeness (QED) is 0.778. The van der Waals surface area contributed by atoms with Gasteiger partial charge in [0.05, 0.1) is 5.69 Å². The van der Waals surface area contributed by atoms with Crippen molar-refractivity contribution in [1.82, 2.24) is 9.38 Å². The van der Waals surface area contributed by atoms with Gasteiger partial charge in [0.25, 0.3) is 0 Å². The average Bonchev–Trinajstić information content (AvgIpc) is 2.85. The average molecular weight is 251 g/mol. The predicted octanol–water partition coefficient (Wildman–Crippen LogP) is 2.81. The molecule has 0 unspecified atom stereocenters. The fourth-order valence-corrected chi connectivity index (χ4v) is 2.30. The molecule has 0 amide bonds. The normalized spacial score (nSPS) is 11.1. The molecule has 0 fully saturated rings. The Hall–Kier alpha value is -2.13. The van der Waals surface area contributed by atoms with Crippen LogP contribution in [0.1, 0.15) is 11.3 Å². The molecule has 2 heterocycles. The summed E-state index contributed by atoms with van der Waals surface area (Å²) in [6, 6.07) is 14.6. The van der Waals surface area contributed by atoms with Crippen molar-refractivity contribution in [2.75, 3.05) is 6.54 Å². The summed E-state index contributed by atoms with van der Waals surface area (Å²) < 4.78 is 2.11. The summed E-state index contributed by atoms with van der Waals surface area (Å²) in [5, 5.41) is 0. The van der Waals surface area contributed by atoms with Crippen LogP contribution in [0.4, 0.5) is 0 Å². The molecule has 0 saturated heterocycles. The number of rotatable bonds is 3. The Labute approximate surface area is 112 Å². The van der Waals surface area contributed by atoms with Gasteiger partial charge in [0.2, 0.25) is 0 Å². The highest BCUT2D eigenvalue weighted by atomic mass is 15.0. The van der Waals surface area contributed by atoms with E-state index in [1.54, 1.807) is 0 Å². The Morgan fingerprint density at radius 1 is 1.11 bits per heavy atom. The Kier molecular flexibility index (Phi) is 3.05. The summed E-state index contributed by atoms with van der Waals surface area (Å²) in [6.07, 6.45) is 3.01. The molecule has 2 aromatic heterocycles.